The topological polar surface area (TPSA) is 51.2 Å². The number of halogens is 1. The number of Topliss-reactive ketones (excluding diaryl/α,β-unsaturated/α-hetero) is 1. The zero-order valence-electron chi connectivity index (χ0n) is 7.90. The van der Waals surface area contributed by atoms with Crippen molar-refractivity contribution in [2.75, 3.05) is 5.33 Å². The molecular formula is C11H9BrO3. The molecule has 0 saturated heterocycles. The molecule has 1 rings (SSSR count). The van der Waals surface area contributed by atoms with Gasteiger partial charge < -0.3 is 0 Å². The van der Waals surface area contributed by atoms with Gasteiger partial charge in [-0.25, -0.2) is 0 Å². The quantitative estimate of drug-likeness (QED) is 0.468. The first-order chi connectivity index (χ1) is 7.22. The van der Waals surface area contributed by atoms with Crippen molar-refractivity contribution in [1.29, 1.82) is 0 Å². The van der Waals surface area contributed by atoms with E-state index in [0.29, 0.717) is 35.5 Å². The van der Waals surface area contributed by atoms with Gasteiger partial charge in [0.15, 0.2) is 12.1 Å². The van der Waals surface area contributed by atoms with Gasteiger partial charge in [-0.3, -0.25) is 14.4 Å². The highest BCUT2D eigenvalue weighted by Crippen LogP contribution is 2.12. The molecule has 0 unspecified atom stereocenters. The Morgan fingerprint density at radius 1 is 1.27 bits per heavy atom. The fourth-order valence-electron chi connectivity index (χ4n) is 1.23. The minimum absolute atomic E-state index is 0.105. The molecule has 0 bridgehead atoms. The number of carbonyl (C=O) groups excluding carboxylic acids is 3. The van der Waals surface area contributed by atoms with E-state index < -0.39 is 0 Å². The number of benzene rings is 1. The molecule has 0 heterocycles. The van der Waals surface area contributed by atoms with Crippen LogP contribution in [0.4, 0.5) is 0 Å². The van der Waals surface area contributed by atoms with Crippen LogP contribution in [0, 0.1) is 0 Å². The summed E-state index contributed by atoms with van der Waals surface area (Å²) < 4.78 is 0. The van der Waals surface area contributed by atoms with Gasteiger partial charge in [-0.2, -0.15) is 0 Å². The maximum atomic E-state index is 11.5. The molecule has 0 fully saturated rings. The Labute approximate surface area is 95.6 Å². The molecule has 0 N–H and O–H groups in total. The van der Waals surface area contributed by atoms with Crippen molar-refractivity contribution < 1.29 is 14.4 Å². The van der Waals surface area contributed by atoms with E-state index in [-0.39, 0.29) is 11.3 Å². The van der Waals surface area contributed by atoms with Crippen LogP contribution in [-0.2, 0) is 0 Å². The minimum atomic E-state index is -0.105. The van der Waals surface area contributed by atoms with Crippen molar-refractivity contribution in [3.8, 4) is 0 Å². The van der Waals surface area contributed by atoms with E-state index in [0.717, 1.165) is 0 Å². The van der Waals surface area contributed by atoms with Crippen LogP contribution in [-0.4, -0.2) is 23.7 Å². The highest BCUT2D eigenvalue weighted by Gasteiger charge is 2.10. The molecule has 0 atom stereocenters. The van der Waals surface area contributed by atoms with Crippen molar-refractivity contribution >= 4 is 34.3 Å². The molecule has 1 aromatic rings. The number of hydrogen-bond acceptors (Lipinski definition) is 3. The number of alkyl halides is 1. The number of hydrogen-bond donors (Lipinski definition) is 0. The summed E-state index contributed by atoms with van der Waals surface area (Å²) in [6.45, 7) is 0. The molecule has 3 nitrogen and oxygen atoms in total. The lowest BCUT2D eigenvalue weighted by Crippen LogP contribution is -2.04. The van der Waals surface area contributed by atoms with E-state index in [1.807, 2.05) is 0 Å². The van der Waals surface area contributed by atoms with Crippen LogP contribution in [0.25, 0.3) is 0 Å². The molecular weight excluding hydrogens is 260 g/mol. The summed E-state index contributed by atoms with van der Waals surface area (Å²) in [6, 6.07) is 4.46. The zero-order chi connectivity index (χ0) is 11.3. The van der Waals surface area contributed by atoms with Crippen LogP contribution in [0.2, 0.25) is 0 Å². The number of rotatable bonds is 5. The Morgan fingerprint density at radius 2 is 2.00 bits per heavy atom. The molecule has 0 aromatic heterocycles. The van der Waals surface area contributed by atoms with Gasteiger partial charge in [-0.15, -0.1) is 0 Å². The number of ketones is 1. The summed E-state index contributed by atoms with van der Waals surface area (Å²) in [7, 11) is 0. The van der Waals surface area contributed by atoms with Crippen LogP contribution in [0.5, 0.6) is 0 Å². The molecule has 4 heteroatoms. The van der Waals surface area contributed by atoms with E-state index in [2.05, 4.69) is 15.9 Å². The maximum Gasteiger partial charge on any atom is 0.164 e. The Morgan fingerprint density at radius 3 is 2.53 bits per heavy atom. The minimum Gasteiger partial charge on any atom is -0.298 e. The summed E-state index contributed by atoms with van der Waals surface area (Å²) in [5.74, 6) is -0.105. The smallest absolute Gasteiger partial charge is 0.164 e. The fourth-order valence-corrected chi connectivity index (χ4v) is 1.59. The Bertz CT molecular complexity index is 399. The normalized spacial score (nSPS) is 9.67. The third kappa shape index (κ3) is 2.83. The van der Waals surface area contributed by atoms with Crippen molar-refractivity contribution in [2.24, 2.45) is 0 Å². The molecule has 0 aliphatic heterocycles. The van der Waals surface area contributed by atoms with Gasteiger partial charge >= 0.3 is 0 Å². The van der Waals surface area contributed by atoms with E-state index in [1.165, 1.54) is 18.2 Å². The molecule has 0 spiro atoms. The maximum absolute atomic E-state index is 11.5. The third-order valence-corrected chi connectivity index (χ3v) is 2.36. The van der Waals surface area contributed by atoms with Gasteiger partial charge in [0.25, 0.3) is 0 Å². The second-order valence-corrected chi connectivity index (χ2v) is 3.74. The lowest BCUT2D eigenvalue weighted by atomic mass is 10.0. The molecule has 0 aliphatic rings. The molecule has 0 saturated carbocycles. The van der Waals surface area contributed by atoms with E-state index >= 15 is 0 Å². The Balaban J connectivity index is 3.12. The van der Waals surface area contributed by atoms with Crippen molar-refractivity contribution in [3.05, 3.63) is 34.9 Å². The summed E-state index contributed by atoms with van der Waals surface area (Å²) in [5, 5.41) is 0.555. The lowest BCUT2D eigenvalue weighted by molar-refractivity contribution is 0.0982. The summed E-state index contributed by atoms with van der Waals surface area (Å²) >= 11 is 3.16. The SMILES string of the molecule is O=Cc1ccc(C(=O)CCBr)c(C=O)c1. The first kappa shape index (κ1) is 11.8. The standard InChI is InChI=1S/C11H9BrO3/c12-4-3-11(15)10-2-1-8(6-13)5-9(10)7-14/h1-2,5-7H,3-4H2. The Kier molecular flexibility index (Phi) is 4.37. The highest BCUT2D eigenvalue weighted by atomic mass is 79.9. The van der Waals surface area contributed by atoms with Crippen LogP contribution < -0.4 is 0 Å². The van der Waals surface area contributed by atoms with E-state index in [1.54, 1.807) is 0 Å². The number of aldehydes is 2. The first-order valence-corrected chi connectivity index (χ1v) is 5.48. The Hall–Kier alpha value is -1.29. The zero-order valence-corrected chi connectivity index (χ0v) is 9.49. The van der Waals surface area contributed by atoms with Gasteiger partial charge in [0.1, 0.15) is 6.29 Å². The van der Waals surface area contributed by atoms with Crippen molar-refractivity contribution in [2.45, 2.75) is 6.42 Å². The van der Waals surface area contributed by atoms with Gasteiger partial charge in [0.05, 0.1) is 0 Å². The van der Waals surface area contributed by atoms with Gasteiger partial charge in [-0.05, 0) is 12.1 Å². The second kappa shape index (κ2) is 5.56. The van der Waals surface area contributed by atoms with E-state index in [9.17, 15) is 14.4 Å². The average Bonchev–Trinajstić information content (AvgIpc) is 2.28. The largest absolute Gasteiger partial charge is 0.298 e. The predicted molar refractivity (Wildman–Crippen MR) is 60.0 cm³/mol. The molecule has 0 aliphatic carbocycles. The number of carbonyl (C=O) groups is 3. The molecule has 15 heavy (non-hydrogen) atoms. The predicted octanol–water partition coefficient (Wildman–Crippen LogP) is 2.28. The monoisotopic (exact) mass is 268 g/mol. The molecule has 1 aromatic carbocycles. The summed E-state index contributed by atoms with van der Waals surface area (Å²) in [5.41, 5.74) is 1.04. The summed E-state index contributed by atoms with van der Waals surface area (Å²) in [6.07, 6.45) is 1.57. The first-order valence-electron chi connectivity index (χ1n) is 4.36. The van der Waals surface area contributed by atoms with Crippen LogP contribution >= 0.6 is 15.9 Å². The second-order valence-electron chi connectivity index (χ2n) is 2.94. The van der Waals surface area contributed by atoms with Crippen molar-refractivity contribution in [1.82, 2.24) is 0 Å². The van der Waals surface area contributed by atoms with Crippen LogP contribution in [0.3, 0.4) is 0 Å². The van der Waals surface area contributed by atoms with Crippen LogP contribution in [0.1, 0.15) is 37.5 Å². The highest BCUT2D eigenvalue weighted by molar-refractivity contribution is 9.09. The molecule has 0 radical (unpaired) electrons. The lowest BCUT2D eigenvalue weighted by Gasteiger charge is -2.02. The summed E-state index contributed by atoms with van der Waals surface area (Å²) in [4.78, 5) is 32.7. The van der Waals surface area contributed by atoms with E-state index in [4.69, 9.17) is 0 Å². The van der Waals surface area contributed by atoms with Gasteiger partial charge in [0.2, 0.25) is 0 Å². The molecule has 78 valence electrons. The van der Waals surface area contributed by atoms with Gasteiger partial charge in [-0.1, -0.05) is 22.0 Å². The third-order valence-electron chi connectivity index (χ3n) is 1.96. The fraction of sp³-hybridized carbons (Fsp3) is 0.182. The van der Waals surface area contributed by atoms with Crippen molar-refractivity contribution in [3.63, 3.8) is 0 Å². The van der Waals surface area contributed by atoms with Gasteiger partial charge in [0, 0.05) is 28.4 Å². The average molecular weight is 269 g/mol. The van der Waals surface area contributed by atoms with Crippen LogP contribution in [0.15, 0.2) is 18.2 Å². The molecule has 0 amide bonds.